The van der Waals surface area contributed by atoms with E-state index in [9.17, 15) is 0 Å². The summed E-state index contributed by atoms with van der Waals surface area (Å²) >= 11 is 0. The molecule has 18 heavy (non-hydrogen) atoms. The van der Waals surface area contributed by atoms with E-state index < -0.39 is 0 Å². The Labute approximate surface area is 110 Å². The first kappa shape index (κ1) is 13.3. The highest BCUT2D eigenvalue weighted by molar-refractivity contribution is 5.38. The molecular weight excluding hydrogens is 224 g/mol. The first-order chi connectivity index (χ1) is 8.83. The second-order valence-corrected chi connectivity index (χ2v) is 5.07. The molecule has 1 aliphatic rings. The maximum absolute atomic E-state index is 4.34. The molecule has 4 nitrogen and oxygen atoms in total. The molecule has 100 valence electrons. The van der Waals surface area contributed by atoms with Gasteiger partial charge in [0.05, 0.1) is 5.69 Å². The Hall–Kier alpha value is -1.16. The predicted octanol–water partition coefficient (Wildman–Crippen LogP) is 2.21. The number of aromatic nitrogens is 2. The van der Waals surface area contributed by atoms with Crippen molar-refractivity contribution in [2.75, 3.05) is 24.5 Å². The van der Waals surface area contributed by atoms with Gasteiger partial charge in [0.15, 0.2) is 5.82 Å². The van der Waals surface area contributed by atoms with E-state index in [4.69, 9.17) is 0 Å². The van der Waals surface area contributed by atoms with Gasteiger partial charge in [-0.05, 0) is 37.4 Å². The lowest BCUT2D eigenvalue weighted by atomic mass is 10.1. The molecule has 1 saturated heterocycles. The number of nitrogens with one attached hydrogen (secondary N) is 1. The molecule has 1 aromatic heterocycles. The van der Waals surface area contributed by atoms with Crippen LogP contribution >= 0.6 is 0 Å². The minimum atomic E-state index is 0.818. The lowest BCUT2D eigenvalue weighted by Crippen LogP contribution is -2.21. The van der Waals surface area contributed by atoms with Crippen LogP contribution in [0.2, 0.25) is 0 Å². The van der Waals surface area contributed by atoms with Crippen molar-refractivity contribution in [3.8, 4) is 0 Å². The summed E-state index contributed by atoms with van der Waals surface area (Å²) in [5, 5.41) is 12.0. The van der Waals surface area contributed by atoms with Crippen molar-refractivity contribution in [2.24, 2.45) is 5.92 Å². The number of anilines is 1. The molecule has 0 amide bonds. The third kappa shape index (κ3) is 3.42. The van der Waals surface area contributed by atoms with Crippen LogP contribution < -0.4 is 10.2 Å². The number of nitrogens with zero attached hydrogens (tertiary/aromatic N) is 3. The first-order valence-electron chi connectivity index (χ1n) is 7.11. The fourth-order valence-corrected chi connectivity index (χ4v) is 2.38. The van der Waals surface area contributed by atoms with Gasteiger partial charge in [0.25, 0.3) is 0 Å². The summed E-state index contributed by atoms with van der Waals surface area (Å²) < 4.78 is 0. The van der Waals surface area contributed by atoms with Gasteiger partial charge < -0.3 is 10.2 Å². The third-order valence-corrected chi connectivity index (χ3v) is 3.63. The minimum Gasteiger partial charge on any atom is -0.355 e. The van der Waals surface area contributed by atoms with Gasteiger partial charge in [-0.15, -0.1) is 5.10 Å². The Morgan fingerprint density at radius 1 is 1.33 bits per heavy atom. The SMILES string of the molecule is CCCNCc1ccc(N2CCC(CC)C2)nn1. The molecule has 1 aliphatic heterocycles. The quantitative estimate of drug-likeness (QED) is 0.784. The van der Waals surface area contributed by atoms with Gasteiger partial charge >= 0.3 is 0 Å². The van der Waals surface area contributed by atoms with Gasteiger partial charge in [-0.2, -0.15) is 5.10 Å². The van der Waals surface area contributed by atoms with E-state index in [1.54, 1.807) is 0 Å². The van der Waals surface area contributed by atoms with Gasteiger partial charge in [-0.1, -0.05) is 20.3 Å². The summed E-state index contributed by atoms with van der Waals surface area (Å²) in [4.78, 5) is 2.35. The number of hydrogen-bond acceptors (Lipinski definition) is 4. The van der Waals surface area contributed by atoms with Gasteiger partial charge in [0.2, 0.25) is 0 Å². The van der Waals surface area contributed by atoms with Crippen LogP contribution in [0.5, 0.6) is 0 Å². The average Bonchev–Trinajstić information content (AvgIpc) is 2.89. The van der Waals surface area contributed by atoms with Gasteiger partial charge in [-0.3, -0.25) is 0 Å². The second-order valence-electron chi connectivity index (χ2n) is 5.07. The Morgan fingerprint density at radius 2 is 2.22 bits per heavy atom. The van der Waals surface area contributed by atoms with Crippen LogP contribution in [-0.2, 0) is 6.54 Å². The van der Waals surface area contributed by atoms with E-state index in [-0.39, 0.29) is 0 Å². The maximum Gasteiger partial charge on any atom is 0.151 e. The van der Waals surface area contributed by atoms with E-state index in [1.165, 1.54) is 12.8 Å². The molecule has 0 spiro atoms. The van der Waals surface area contributed by atoms with Crippen LogP contribution in [0.1, 0.15) is 38.8 Å². The Kier molecular flexibility index (Phi) is 4.93. The Morgan fingerprint density at radius 3 is 2.83 bits per heavy atom. The fourth-order valence-electron chi connectivity index (χ4n) is 2.38. The van der Waals surface area contributed by atoms with Crippen LogP contribution in [0.25, 0.3) is 0 Å². The molecular formula is C14H24N4. The summed E-state index contributed by atoms with van der Waals surface area (Å²) in [7, 11) is 0. The van der Waals surface area contributed by atoms with E-state index in [0.717, 1.165) is 50.0 Å². The molecule has 0 aliphatic carbocycles. The lowest BCUT2D eigenvalue weighted by Gasteiger charge is -2.16. The molecule has 1 aromatic rings. The third-order valence-electron chi connectivity index (χ3n) is 3.63. The highest BCUT2D eigenvalue weighted by Gasteiger charge is 2.21. The average molecular weight is 248 g/mol. The molecule has 2 heterocycles. The summed E-state index contributed by atoms with van der Waals surface area (Å²) in [5.74, 6) is 1.86. The molecule has 2 rings (SSSR count). The van der Waals surface area contributed by atoms with Crippen molar-refractivity contribution in [2.45, 2.75) is 39.7 Å². The summed E-state index contributed by atoms with van der Waals surface area (Å²) in [6.45, 7) is 8.55. The van der Waals surface area contributed by atoms with Gasteiger partial charge in [0.1, 0.15) is 0 Å². The zero-order chi connectivity index (χ0) is 12.8. The number of rotatable bonds is 6. The van der Waals surface area contributed by atoms with Gasteiger partial charge in [0, 0.05) is 19.6 Å². The molecule has 1 fully saturated rings. The topological polar surface area (TPSA) is 41.0 Å². The Bertz CT molecular complexity index is 349. The molecule has 4 heteroatoms. The summed E-state index contributed by atoms with van der Waals surface area (Å²) in [5.41, 5.74) is 1.03. The molecule has 1 N–H and O–H groups in total. The molecule has 0 saturated carbocycles. The zero-order valence-corrected chi connectivity index (χ0v) is 11.5. The molecule has 1 unspecified atom stereocenters. The highest BCUT2D eigenvalue weighted by atomic mass is 15.3. The van der Waals surface area contributed by atoms with Crippen LogP contribution in [0.4, 0.5) is 5.82 Å². The van der Waals surface area contributed by atoms with Crippen molar-refractivity contribution in [1.82, 2.24) is 15.5 Å². The monoisotopic (exact) mass is 248 g/mol. The fraction of sp³-hybridized carbons (Fsp3) is 0.714. The van der Waals surface area contributed by atoms with E-state index in [0.29, 0.717) is 0 Å². The van der Waals surface area contributed by atoms with Crippen molar-refractivity contribution < 1.29 is 0 Å². The minimum absolute atomic E-state index is 0.818. The van der Waals surface area contributed by atoms with Crippen LogP contribution in [0.15, 0.2) is 12.1 Å². The van der Waals surface area contributed by atoms with Gasteiger partial charge in [-0.25, -0.2) is 0 Å². The second kappa shape index (κ2) is 6.69. The molecule has 1 atom stereocenters. The van der Waals surface area contributed by atoms with Crippen molar-refractivity contribution in [1.29, 1.82) is 0 Å². The standard InChI is InChI=1S/C14H24N4/c1-3-8-15-10-13-5-6-14(17-16-13)18-9-7-12(4-2)11-18/h5-6,12,15H,3-4,7-11H2,1-2H3. The number of hydrogen-bond donors (Lipinski definition) is 1. The summed E-state index contributed by atoms with van der Waals surface area (Å²) in [6, 6.07) is 4.19. The first-order valence-corrected chi connectivity index (χ1v) is 7.11. The lowest BCUT2D eigenvalue weighted by molar-refractivity contribution is 0.568. The van der Waals surface area contributed by atoms with Crippen molar-refractivity contribution >= 4 is 5.82 Å². The van der Waals surface area contributed by atoms with Crippen LogP contribution in [0.3, 0.4) is 0 Å². The van der Waals surface area contributed by atoms with Crippen molar-refractivity contribution in [3.63, 3.8) is 0 Å². The van der Waals surface area contributed by atoms with Crippen molar-refractivity contribution in [3.05, 3.63) is 17.8 Å². The van der Waals surface area contributed by atoms with E-state index >= 15 is 0 Å². The highest BCUT2D eigenvalue weighted by Crippen LogP contribution is 2.23. The van der Waals surface area contributed by atoms with Crippen LogP contribution in [-0.4, -0.2) is 29.8 Å². The molecule has 0 bridgehead atoms. The summed E-state index contributed by atoms with van der Waals surface area (Å²) in [6.07, 6.45) is 3.71. The molecule has 0 aromatic carbocycles. The smallest absolute Gasteiger partial charge is 0.151 e. The normalized spacial score (nSPS) is 19.4. The van der Waals surface area contributed by atoms with E-state index in [1.807, 2.05) is 0 Å². The zero-order valence-electron chi connectivity index (χ0n) is 11.5. The largest absolute Gasteiger partial charge is 0.355 e. The van der Waals surface area contributed by atoms with E-state index in [2.05, 4.69) is 46.4 Å². The molecule has 0 radical (unpaired) electrons. The Balaban J connectivity index is 1.87. The maximum atomic E-state index is 4.34. The predicted molar refractivity (Wildman–Crippen MR) is 74.6 cm³/mol. The van der Waals surface area contributed by atoms with Crippen LogP contribution in [0, 0.1) is 5.92 Å².